The first-order valence-corrected chi connectivity index (χ1v) is 10.8. The smallest absolute Gasteiger partial charge is 0.335 e. The summed E-state index contributed by atoms with van der Waals surface area (Å²) in [7, 11) is 0. The van der Waals surface area contributed by atoms with Gasteiger partial charge in [-0.1, -0.05) is 37.3 Å². The standard InChI is InChI=1S/C26H24N4O4/c1-4-21-23(25(32)30(29-21)19-12-11-15(2)16(3)13-19)28-27-22-10-6-9-20(24(22)31)17-7-5-8-18(14-17)26(33)34/h5-14,23,31H,4H2,1-3H3,(H,33,34). The van der Waals surface area contributed by atoms with Crippen LogP contribution in [0, 0.1) is 13.8 Å². The van der Waals surface area contributed by atoms with Crippen molar-refractivity contribution in [3.05, 3.63) is 77.4 Å². The zero-order valence-corrected chi connectivity index (χ0v) is 19.1. The third kappa shape index (κ3) is 4.30. The van der Waals surface area contributed by atoms with Crippen LogP contribution in [0.25, 0.3) is 11.1 Å². The molecule has 8 nitrogen and oxygen atoms in total. The summed E-state index contributed by atoms with van der Waals surface area (Å²) in [6, 6.07) is 16.0. The lowest BCUT2D eigenvalue weighted by atomic mass is 10.0. The number of aromatic hydroxyl groups is 1. The second kappa shape index (κ2) is 9.27. The van der Waals surface area contributed by atoms with Gasteiger partial charge in [-0.2, -0.15) is 20.3 Å². The molecular weight excluding hydrogens is 432 g/mol. The molecule has 34 heavy (non-hydrogen) atoms. The maximum Gasteiger partial charge on any atom is 0.335 e. The fourth-order valence-corrected chi connectivity index (χ4v) is 3.70. The third-order valence-electron chi connectivity index (χ3n) is 5.80. The van der Waals surface area contributed by atoms with Crippen molar-refractivity contribution in [2.45, 2.75) is 33.2 Å². The number of anilines is 1. The number of amides is 1. The molecule has 0 saturated heterocycles. The van der Waals surface area contributed by atoms with Gasteiger partial charge in [-0.05, 0) is 67.3 Å². The Kier molecular flexibility index (Phi) is 6.23. The first kappa shape index (κ1) is 22.8. The first-order valence-electron chi connectivity index (χ1n) is 10.8. The molecule has 8 heteroatoms. The highest BCUT2D eigenvalue weighted by Crippen LogP contribution is 2.38. The minimum absolute atomic E-state index is 0.107. The van der Waals surface area contributed by atoms with Crippen LogP contribution in [0.3, 0.4) is 0 Å². The van der Waals surface area contributed by atoms with Crippen molar-refractivity contribution in [3.63, 3.8) is 0 Å². The molecule has 4 rings (SSSR count). The average molecular weight is 457 g/mol. The number of rotatable bonds is 6. The van der Waals surface area contributed by atoms with E-state index in [1.54, 1.807) is 30.3 Å². The topological polar surface area (TPSA) is 115 Å². The summed E-state index contributed by atoms with van der Waals surface area (Å²) in [4.78, 5) is 24.4. The predicted molar refractivity (Wildman–Crippen MR) is 130 cm³/mol. The second-order valence-corrected chi connectivity index (χ2v) is 8.04. The number of hydrazone groups is 1. The molecule has 2 N–H and O–H groups in total. The van der Waals surface area contributed by atoms with Crippen molar-refractivity contribution in [2.75, 3.05) is 5.01 Å². The molecule has 3 aromatic carbocycles. The first-order chi connectivity index (χ1) is 16.3. The number of aryl methyl sites for hydroxylation is 2. The molecule has 0 bridgehead atoms. The number of azo groups is 1. The van der Waals surface area contributed by atoms with Gasteiger partial charge in [0.2, 0.25) is 0 Å². The van der Waals surface area contributed by atoms with E-state index in [-0.39, 0.29) is 22.9 Å². The SMILES string of the molecule is CCC1=NN(c2ccc(C)c(C)c2)C(=O)C1N=Nc1cccc(-c2cccc(C(=O)O)c2)c1O. The highest BCUT2D eigenvalue weighted by Gasteiger charge is 2.36. The molecule has 0 saturated carbocycles. The van der Waals surface area contributed by atoms with E-state index in [1.165, 1.54) is 17.1 Å². The van der Waals surface area contributed by atoms with Crippen molar-refractivity contribution < 1.29 is 19.8 Å². The van der Waals surface area contributed by atoms with Crippen molar-refractivity contribution in [1.82, 2.24) is 0 Å². The van der Waals surface area contributed by atoms with Gasteiger partial charge < -0.3 is 10.2 Å². The van der Waals surface area contributed by atoms with E-state index in [9.17, 15) is 19.8 Å². The lowest BCUT2D eigenvalue weighted by molar-refractivity contribution is -0.117. The van der Waals surface area contributed by atoms with E-state index in [0.29, 0.717) is 28.9 Å². The summed E-state index contributed by atoms with van der Waals surface area (Å²) in [5.74, 6) is -1.52. The fraction of sp³-hybridized carbons (Fsp3) is 0.192. The molecule has 1 aliphatic rings. The van der Waals surface area contributed by atoms with Crippen molar-refractivity contribution in [3.8, 4) is 16.9 Å². The van der Waals surface area contributed by atoms with E-state index >= 15 is 0 Å². The fourth-order valence-electron chi connectivity index (χ4n) is 3.70. The van der Waals surface area contributed by atoms with E-state index in [4.69, 9.17) is 0 Å². The summed E-state index contributed by atoms with van der Waals surface area (Å²) in [5, 5.41) is 34.3. The predicted octanol–water partition coefficient (Wildman–Crippen LogP) is 5.64. The minimum Gasteiger partial charge on any atom is -0.505 e. The van der Waals surface area contributed by atoms with E-state index < -0.39 is 12.0 Å². The number of carboxylic acids is 1. The molecule has 1 unspecified atom stereocenters. The van der Waals surface area contributed by atoms with Crippen LogP contribution in [0.1, 0.15) is 34.8 Å². The van der Waals surface area contributed by atoms with Gasteiger partial charge in [0.15, 0.2) is 11.8 Å². The second-order valence-electron chi connectivity index (χ2n) is 8.04. The number of benzene rings is 3. The molecule has 1 aliphatic heterocycles. The number of hydrogen-bond acceptors (Lipinski definition) is 6. The molecule has 0 aliphatic carbocycles. The van der Waals surface area contributed by atoms with Crippen LogP contribution in [0.5, 0.6) is 5.75 Å². The number of para-hydroxylation sites is 1. The molecule has 1 amide bonds. The molecule has 1 heterocycles. The summed E-state index contributed by atoms with van der Waals surface area (Å²) in [6.07, 6.45) is 0.519. The van der Waals surface area contributed by atoms with Gasteiger partial charge in [0.25, 0.3) is 5.91 Å². The Morgan fingerprint density at radius 2 is 1.82 bits per heavy atom. The maximum atomic E-state index is 13.1. The number of phenolic OH excluding ortho intramolecular Hbond substituents is 1. The Morgan fingerprint density at radius 1 is 1.06 bits per heavy atom. The van der Waals surface area contributed by atoms with Crippen LogP contribution in [0.2, 0.25) is 0 Å². The van der Waals surface area contributed by atoms with Crippen molar-refractivity contribution in [2.24, 2.45) is 15.3 Å². The number of nitrogens with zero attached hydrogens (tertiary/aromatic N) is 4. The van der Waals surface area contributed by atoms with Crippen LogP contribution in [-0.4, -0.2) is 33.8 Å². The Labute approximate surface area is 196 Å². The van der Waals surface area contributed by atoms with E-state index in [2.05, 4.69) is 15.3 Å². The normalized spacial score (nSPS) is 15.7. The van der Waals surface area contributed by atoms with Crippen LogP contribution >= 0.6 is 0 Å². The van der Waals surface area contributed by atoms with Crippen LogP contribution < -0.4 is 5.01 Å². The molecular formula is C26H24N4O4. The van der Waals surface area contributed by atoms with Gasteiger partial charge in [0.05, 0.1) is 17.0 Å². The summed E-state index contributed by atoms with van der Waals surface area (Å²) in [5.41, 5.74) is 4.65. The van der Waals surface area contributed by atoms with Crippen LogP contribution in [-0.2, 0) is 4.79 Å². The number of hydrogen-bond donors (Lipinski definition) is 2. The van der Waals surface area contributed by atoms with Crippen LogP contribution in [0.4, 0.5) is 11.4 Å². The van der Waals surface area contributed by atoms with E-state index in [1.807, 2.05) is 39.0 Å². The highest BCUT2D eigenvalue weighted by molar-refractivity contribution is 6.18. The van der Waals surface area contributed by atoms with Gasteiger partial charge in [-0.15, -0.1) is 0 Å². The zero-order chi connectivity index (χ0) is 24.4. The Bertz CT molecular complexity index is 1350. The molecule has 3 aromatic rings. The zero-order valence-electron chi connectivity index (χ0n) is 19.1. The van der Waals surface area contributed by atoms with Gasteiger partial charge in [-0.3, -0.25) is 4.79 Å². The Hall–Kier alpha value is -4.33. The maximum absolute atomic E-state index is 13.1. The number of phenols is 1. The highest BCUT2D eigenvalue weighted by atomic mass is 16.4. The lowest BCUT2D eigenvalue weighted by Gasteiger charge is -2.14. The van der Waals surface area contributed by atoms with Crippen molar-refractivity contribution >= 4 is 29.0 Å². The number of carboxylic acid groups (broad SMARTS) is 1. The Balaban J connectivity index is 1.63. The van der Waals surface area contributed by atoms with Gasteiger partial charge in [0.1, 0.15) is 5.69 Å². The largest absolute Gasteiger partial charge is 0.505 e. The van der Waals surface area contributed by atoms with E-state index in [0.717, 1.165) is 11.1 Å². The quantitative estimate of drug-likeness (QED) is 0.467. The molecule has 0 aromatic heterocycles. The van der Waals surface area contributed by atoms with Gasteiger partial charge in [-0.25, -0.2) is 4.79 Å². The Morgan fingerprint density at radius 3 is 2.53 bits per heavy atom. The molecule has 0 fully saturated rings. The lowest BCUT2D eigenvalue weighted by Crippen LogP contribution is -2.30. The molecule has 1 atom stereocenters. The van der Waals surface area contributed by atoms with Crippen LogP contribution in [0.15, 0.2) is 76.0 Å². The van der Waals surface area contributed by atoms with Crippen molar-refractivity contribution in [1.29, 1.82) is 0 Å². The monoisotopic (exact) mass is 456 g/mol. The molecule has 172 valence electrons. The average Bonchev–Trinajstić information content (AvgIpc) is 3.15. The molecule has 0 spiro atoms. The summed E-state index contributed by atoms with van der Waals surface area (Å²) < 4.78 is 0. The minimum atomic E-state index is -1.06. The van der Waals surface area contributed by atoms with Gasteiger partial charge in [0, 0.05) is 5.56 Å². The number of carbonyl (C=O) groups excluding carboxylic acids is 1. The molecule has 0 radical (unpaired) electrons. The number of carbonyl (C=O) groups is 2. The van der Waals surface area contributed by atoms with Gasteiger partial charge >= 0.3 is 5.97 Å². The third-order valence-corrected chi connectivity index (χ3v) is 5.80. The summed E-state index contributed by atoms with van der Waals surface area (Å²) >= 11 is 0. The summed E-state index contributed by atoms with van der Waals surface area (Å²) in [6.45, 7) is 5.87. The number of aromatic carboxylic acids is 1.